The lowest BCUT2D eigenvalue weighted by Gasteiger charge is -2.36. The minimum atomic E-state index is -1.05. The summed E-state index contributed by atoms with van der Waals surface area (Å²) in [5, 5.41) is 20.6. The Balaban J connectivity index is 2.26. The molecule has 19 heavy (non-hydrogen) atoms. The van der Waals surface area contributed by atoms with Crippen molar-refractivity contribution in [3.8, 4) is 0 Å². The summed E-state index contributed by atoms with van der Waals surface area (Å²) in [6.07, 6.45) is -1.76. The number of likely N-dealkylation sites (N-methyl/N-ethyl adjacent to an activating group) is 1. The molecule has 3 atom stereocenters. The molecule has 0 radical (unpaired) electrons. The van der Waals surface area contributed by atoms with Crippen molar-refractivity contribution >= 4 is 17.9 Å². The Bertz CT molecular complexity index is 427. The number of hydrogen-bond acceptors (Lipinski definition) is 8. The molecule has 2 aliphatic heterocycles. The van der Waals surface area contributed by atoms with Crippen molar-refractivity contribution in [2.45, 2.75) is 18.3 Å². The van der Waals surface area contributed by atoms with Gasteiger partial charge in [0.05, 0.1) is 19.3 Å². The number of imide groups is 1. The lowest BCUT2D eigenvalue weighted by Crippen LogP contribution is -2.65. The summed E-state index contributed by atoms with van der Waals surface area (Å²) in [4.78, 5) is 30.2. The molecule has 3 unspecified atom stereocenters. The maximum atomic E-state index is 11.9. The van der Waals surface area contributed by atoms with Crippen LogP contribution in [0.25, 0.3) is 0 Å². The maximum absolute atomic E-state index is 11.9. The standard InChI is InChI=1S/C9H16N6O4/c1-14-6-5(7(18)12-9(14)19)15(2-4(17)3-16)8(11-6)13-10/h4-6,16-17H,2-3,10H2,1H3,(H,11,13)(H,12,18,19). The highest BCUT2D eigenvalue weighted by Crippen LogP contribution is 2.23. The van der Waals surface area contributed by atoms with Crippen LogP contribution in [0.2, 0.25) is 0 Å². The molecule has 0 aromatic carbocycles. The van der Waals surface area contributed by atoms with E-state index < -0.39 is 36.9 Å². The van der Waals surface area contributed by atoms with Crippen LogP contribution in [-0.2, 0) is 4.79 Å². The molecule has 0 aliphatic carbocycles. The van der Waals surface area contributed by atoms with Gasteiger partial charge in [0.2, 0.25) is 5.96 Å². The Morgan fingerprint density at radius 1 is 1.58 bits per heavy atom. The number of aliphatic hydroxyl groups is 2. The molecule has 2 aliphatic rings. The zero-order valence-corrected chi connectivity index (χ0v) is 10.3. The number of nitrogens with one attached hydrogen (secondary N) is 2. The van der Waals surface area contributed by atoms with Crippen molar-refractivity contribution in [3.05, 3.63) is 0 Å². The predicted octanol–water partition coefficient (Wildman–Crippen LogP) is -3.65. The van der Waals surface area contributed by atoms with Gasteiger partial charge >= 0.3 is 6.03 Å². The first kappa shape index (κ1) is 13.5. The molecule has 0 aromatic rings. The number of fused-ring (bicyclic) bond motifs is 1. The minimum Gasteiger partial charge on any atom is -0.394 e. The number of aliphatic imine (C=N–C) groups is 1. The van der Waals surface area contributed by atoms with Crippen molar-refractivity contribution in [3.63, 3.8) is 0 Å². The van der Waals surface area contributed by atoms with Crippen LogP contribution < -0.4 is 16.6 Å². The van der Waals surface area contributed by atoms with Gasteiger partial charge in [0.1, 0.15) is 0 Å². The van der Waals surface area contributed by atoms with Crippen LogP contribution >= 0.6 is 0 Å². The lowest BCUT2D eigenvalue weighted by atomic mass is 10.1. The summed E-state index contributed by atoms with van der Waals surface area (Å²) in [6, 6.07) is -1.33. The van der Waals surface area contributed by atoms with Gasteiger partial charge in [-0.15, -0.1) is 0 Å². The van der Waals surface area contributed by atoms with Crippen molar-refractivity contribution in [1.82, 2.24) is 20.5 Å². The van der Waals surface area contributed by atoms with E-state index in [-0.39, 0.29) is 12.5 Å². The van der Waals surface area contributed by atoms with Gasteiger partial charge in [-0.1, -0.05) is 0 Å². The zero-order chi connectivity index (χ0) is 14.2. The number of amides is 3. The summed E-state index contributed by atoms with van der Waals surface area (Å²) in [7, 11) is 1.50. The second kappa shape index (κ2) is 4.99. The molecular weight excluding hydrogens is 256 g/mol. The number of rotatable bonds is 3. The number of urea groups is 1. The van der Waals surface area contributed by atoms with E-state index in [1.54, 1.807) is 0 Å². The Morgan fingerprint density at radius 3 is 2.84 bits per heavy atom. The molecule has 0 aromatic heterocycles. The fourth-order valence-corrected chi connectivity index (χ4v) is 2.13. The maximum Gasteiger partial charge on any atom is 0.325 e. The quantitative estimate of drug-likeness (QED) is 0.263. The number of β-amino-alcohol motifs (C(OH)–C–C–N with tert-alkyl or cyclic N) is 1. The van der Waals surface area contributed by atoms with Crippen molar-refractivity contribution in [2.24, 2.45) is 10.8 Å². The third-order valence-electron chi connectivity index (χ3n) is 3.11. The van der Waals surface area contributed by atoms with E-state index in [2.05, 4.69) is 15.7 Å². The van der Waals surface area contributed by atoms with Crippen LogP contribution in [0.4, 0.5) is 4.79 Å². The Kier molecular flexibility index (Phi) is 3.55. The fraction of sp³-hybridized carbons (Fsp3) is 0.667. The summed E-state index contributed by atoms with van der Waals surface area (Å²) in [5.74, 6) is 4.98. The molecule has 1 saturated heterocycles. The van der Waals surface area contributed by atoms with Gasteiger partial charge in [0.25, 0.3) is 5.91 Å². The number of carbonyl (C=O) groups excluding carboxylic acids is 2. The Morgan fingerprint density at radius 2 is 2.26 bits per heavy atom. The van der Waals surface area contributed by atoms with Crippen LogP contribution in [0.1, 0.15) is 0 Å². The summed E-state index contributed by atoms with van der Waals surface area (Å²) in [5.41, 5.74) is 2.32. The van der Waals surface area contributed by atoms with E-state index in [1.165, 1.54) is 16.8 Å². The number of aliphatic hydroxyl groups excluding tert-OH is 2. The van der Waals surface area contributed by atoms with Gasteiger partial charge in [0, 0.05) is 7.05 Å². The topological polar surface area (TPSA) is 144 Å². The zero-order valence-electron chi connectivity index (χ0n) is 10.3. The smallest absolute Gasteiger partial charge is 0.325 e. The average Bonchev–Trinajstić information content (AvgIpc) is 2.75. The first-order valence-corrected chi connectivity index (χ1v) is 5.67. The Labute approximate surface area is 108 Å². The summed E-state index contributed by atoms with van der Waals surface area (Å²) < 4.78 is 0. The van der Waals surface area contributed by atoms with E-state index in [0.29, 0.717) is 0 Å². The molecule has 0 saturated carbocycles. The van der Waals surface area contributed by atoms with Gasteiger partial charge in [-0.2, -0.15) is 0 Å². The van der Waals surface area contributed by atoms with Crippen LogP contribution in [0.15, 0.2) is 4.99 Å². The second-order valence-corrected chi connectivity index (χ2v) is 4.35. The van der Waals surface area contributed by atoms with Gasteiger partial charge in [0.15, 0.2) is 12.2 Å². The summed E-state index contributed by atoms with van der Waals surface area (Å²) >= 11 is 0. The van der Waals surface area contributed by atoms with E-state index in [1.807, 2.05) is 0 Å². The van der Waals surface area contributed by atoms with Crippen molar-refractivity contribution in [1.29, 1.82) is 0 Å². The number of carbonyl (C=O) groups is 2. The SMILES string of the molecule is CN1C(=O)NC(=O)C2C1N=C(NN)N2CC(O)CO. The van der Waals surface area contributed by atoms with Crippen LogP contribution in [-0.4, -0.2) is 76.4 Å². The van der Waals surface area contributed by atoms with Crippen molar-refractivity contribution in [2.75, 3.05) is 20.2 Å². The predicted molar refractivity (Wildman–Crippen MR) is 63.4 cm³/mol. The molecular formula is C9H16N6O4. The van der Waals surface area contributed by atoms with E-state index in [4.69, 9.17) is 10.9 Å². The van der Waals surface area contributed by atoms with Gasteiger partial charge < -0.3 is 20.0 Å². The van der Waals surface area contributed by atoms with Crippen LogP contribution in [0.3, 0.4) is 0 Å². The van der Waals surface area contributed by atoms with Gasteiger partial charge in [-0.25, -0.2) is 15.6 Å². The Hall–Kier alpha value is -1.91. The minimum absolute atomic E-state index is 0.0316. The molecule has 10 nitrogen and oxygen atoms in total. The fourth-order valence-electron chi connectivity index (χ4n) is 2.13. The van der Waals surface area contributed by atoms with Gasteiger partial charge in [-0.3, -0.25) is 15.5 Å². The molecule has 3 amide bonds. The first-order chi connectivity index (χ1) is 8.99. The number of hydrogen-bond donors (Lipinski definition) is 5. The third-order valence-corrected chi connectivity index (χ3v) is 3.11. The van der Waals surface area contributed by atoms with E-state index in [9.17, 15) is 14.7 Å². The largest absolute Gasteiger partial charge is 0.394 e. The third kappa shape index (κ3) is 2.20. The molecule has 106 valence electrons. The van der Waals surface area contributed by atoms with Crippen LogP contribution in [0, 0.1) is 0 Å². The molecule has 2 heterocycles. The number of hydrazine groups is 1. The highest BCUT2D eigenvalue weighted by Gasteiger charge is 2.48. The summed E-state index contributed by atoms with van der Waals surface area (Å²) in [6.45, 7) is -0.488. The molecule has 1 fully saturated rings. The normalized spacial score (nSPS) is 27.9. The monoisotopic (exact) mass is 272 g/mol. The van der Waals surface area contributed by atoms with Gasteiger partial charge in [-0.05, 0) is 0 Å². The first-order valence-electron chi connectivity index (χ1n) is 5.67. The molecule has 6 N–H and O–H groups in total. The van der Waals surface area contributed by atoms with Crippen molar-refractivity contribution < 1.29 is 19.8 Å². The molecule has 10 heteroatoms. The number of nitrogens with zero attached hydrogens (tertiary/aromatic N) is 3. The number of guanidine groups is 1. The molecule has 2 rings (SSSR count). The van der Waals surface area contributed by atoms with E-state index in [0.717, 1.165) is 0 Å². The highest BCUT2D eigenvalue weighted by molar-refractivity contribution is 6.03. The average molecular weight is 272 g/mol. The highest BCUT2D eigenvalue weighted by atomic mass is 16.3. The van der Waals surface area contributed by atoms with E-state index >= 15 is 0 Å². The lowest BCUT2D eigenvalue weighted by molar-refractivity contribution is -0.127. The second-order valence-electron chi connectivity index (χ2n) is 4.35. The molecule has 0 bridgehead atoms. The molecule has 0 spiro atoms. The van der Waals surface area contributed by atoms with Crippen LogP contribution in [0.5, 0.6) is 0 Å². The number of nitrogens with two attached hydrogens (primary N) is 1.